The zero-order valence-electron chi connectivity index (χ0n) is 11.2. The van der Waals surface area contributed by atoms with Crippen molar-refractivity contribution < 1.29 is 9.53 Å². The largest absolute Gasteiger partial charge is 0.469 e. The Morgan fingerprint density at radius 3 is 2.25 bits per heavy atom. The summed E-state index contributed by atoms with van der Waals surface area (Å²) in [5, 5.41) is 0. The van der Waals surface area contributed by atoms with Crippen LogP contribution in [-0.2, 0) is 9.53 Å². The van der Waals surface area contributed by atoms with Crippen molar-refractivity contribution >= 4 is 5.97 Å². The minimum Gasteiger partial charge on any atom is -0.469 e. The van der Waals surface area contributed by atoms with E-state index in [2.05, 4.69) is 13.8 Å². The van der Waals surface area contributed by atoms with E-state index < -0.39 is 0 Å². The van der Waals surface area contributed by atoms with E-state index in [0.717, 1.165) is 19.3 Å². The van der Waals surface area contributed by atoms with Crippen LogP contribution < -0.4 is 5.73 Å². The van der Waals surface area contributed by atoms with E-state index in [0.29, 0.717) is 6.42 Å². The molecule has 0 bridgehead atoms. The van der Waals surface area contributed by atoms with Crippen LogP contribution in [0.4, 0.5) is 0 Å². The van der Waals surface area contributed by atoms with Crippen LogP contribution in [0.1, 0.15) is 53.4 Å². The highest BCUT2D eigenvalue weighted by atomic mass is 16.5. The molecule has 0 heterocycles. The molecule has 1 unspecified atom stereocenters. The van der Waals surface area contributed by atoms with Crippen LogP contribution in [0.25, 0.3) is 0 Å². The lowest BCUT2D eigenvalue weighted by Gasteiger charge is -2.42. The molecular formula is C13H25NO2. The van der Waals surface area contributed by atoms with Gasteiger partial charge in [-0.05, 0) is 43.9 Å². The van der Waals surface area contributed by atoms with Gasteiger partial charge in [-0.1, -0.05) is 13.8 Å². The summed E-state index contributed by atoms with van der Waals surface area (Å²) in [6.45, 7) is 8.55. The van der Waals surface area contributed by atoms with Crippen molar-refractivity contribution in [3.63, 3.8) is 0 Å². The van der Waals surface area contributed by atoms with Gasteiger partial charge in [-0.3, -0.25) is 4.79 Å². The molecule has 0 aliphatic heterocycles. The summed E-state index contributed by atoms with van der Waals surface area (Å²) in [7, 11) is 1.44. The Bertz CT molecular complexity index is 278. The average molecular weight is 227 g/mol. The molecule has 2 N–H and O–H groups in total. The van der Waals surface area contributed by atoms with Gasteiger partial charge < -0.3 is 10.5 Å². The second kappa shape index (κ2) is 4.02. The third-order valence-electron chi connectivity index (χ3n) is 4.17. The smallest absolute Gasteiger partial charge is 0.306 e. The van der Waals surface area contributed by atoms with Crippen LogP contribution in [-0.4, -0.2) is 18.6 Å². The lowest BCUT2D eigenvalue weighted by molar-refractivity contribution is -0.144. The van der Waals surface area contributed by atoms with Crippen molar-refractivity contribution in [1.29, 1.82) is 0 Å². The molecule has 0 aromatic heterocycles. The second-order valence-corrected chi connectivity index (χ2v) is 6.60. The maximum Gasteiger partial charge on any atom is 0.306 e. The third kappa shape index (κ3) is 2.57. The molecule has 1 aliphatic rings. The normalized spacial score (nSPS) is 29.1. The first kappa shape index (κ1) is 13.5. The number of hydrogen-bond acceptors (Lipinski definition) is 3. The molecule has 1 saturated carbocycles. The third-order valence-corrected chi connectivity index (χ3v) is 4.17. The number of ether oxygens (including phenoxy) is 1. The molecule has 1 aliphatic carbocycles. The van der Waals surface area contributed by atoms with E-state index >= 15 is 0 Å². The maximum atomic E-state index is 11.6. The van der Waals surface area contributed by atoms with Crippen molar-refractivity contribution in [2.45, 2.75) is 58.9 Å². The highest BCUT2D eigenvalue weighted by Crippen LogP contribution is 2.55. The van der Waals surface area contributed by atoms with Crippen LogP contribution in [0.5, 0.6) is 0 Å². The maximum absolute atomic E-state index is 11.6. The number of carbonyl (C=O) groups excluding carboxylic acids is 1. The van der Waals surface area contributed by atoms with Crippen molar-refractivity contribution in [1.82, 2.24) is 0 Å². The molecule has 94 valence electrons. The van der Waals surface area contributed by atoms with Crippen LogP contribution in [0.15, 0.2) is 0 Å². The number of nitrogens with two attached hydrogens (primary N) is 1. The van der Waals surface area contributed by atoms with Crippen molar-refractivity contribution in [3.8, 4) is 0 Å². The summed E-state index contributed by atoms with van der Waals surface area (Å²) in [5.74, 6) is -0.142. The van der Waals surface area contributed by atoms with Gasteiger partial charge in [0.2, 0.25) is 0 Å². The Kier molecular flexibility index (Phi) is 3.39. The summed E-state index contributed by atoms with van der Waals surface area (Å²) in [4.78, 5) is 11.6. The molecule has 0 radical (unpaired) electrons. The first-order valence-corrected chi connectivity index (χ1v) is 5.98. The topological polar surface area (TPSA) is 52.3 Å². The monoisotopic (exact) mass is 227 g/mol. The molecule has 1 rings (SSSR count). The van der Waals surface area contributed by atoms with Gasteiger partial charge in [-0.2, -0.15) is 0 Å². The number of hydrogen-bond donors (Lipinski definition) is 1. The minimum atomic E-state index is -0.338. The van der Waals surface area contributed by atoms with E-state index in [1.54, 1.807) is 0 Å². The molecule has 1 atom stereocenters. The number of rotatable bonds is 3. The quantitative estimate of drug-likeness (QED) is 0.754. The molecule has 16 heavy (non-hydrogen) atoms. The molecule has 0 aromatic rings. The van der Waals surface area contributed by atoms with Crippen molar-refractivity contribution in [2.24, 2.45) is 16.6 Å². The fourth-order valence-electron chi connectivity index (χ4n) is 2.95. The van der Waals surface area contributed by atoms with Gasteiger partial charge >= 0.3 is 5.97 Å². The average Bonchev–Trinajstić information content (AvgIpc) is 2.41. The van der Waals surface area contributed by atoms with Crippen molar-refractivity contribution in [3.05, 3.63) is 0 Å². The van der Waals surface area contributed by atoms with E-state index in [-0.39, 0.29) is 22.3 Å². The van der Waals surface area contributed by atoms with Crippen LogP contribution in [0.2, 0.25) is 0 Å². The lowest BCUT2D eigenvalue weighted by Crippen LogP contribution is -2.51. The summed E-state index contributed by atoms with van der Waals surface area (Å²) in [5.41, 5.74) is 6.13. The first-order chi connectivity index (χ1) is 7.12. The predicted molar refractivity (Wildman–Crippen MR) is 65.0 cm³/mol. The molecular weight excluding hydrogens is 202 g/mol. The molecule has 0 spiro atoms. The van der Waals surface area contributed by atoms with E-state index in [1.807, 2.05) is 13.8 Å². The summed E-state index contributed by atoms with van der Waals surface area (Å²) < 4.78 is 4.81. The van der Waals surface area contributed by atoms with Gasteiger partial charge in [0.25, 0.3) is 0 Å². The zero-order chi connectivity index (χ0) is 12.6. The fraction of sp³-hybridized carbons (Fsp3) is 0.923. The second-order valence-electron chi connectivity index (χ2n) is 6.60. The Morgan fingerprint density at radius 2 is 1.94 bits per heavy atom. The standard InChI is InChI=1S/C13H25NO2/c1-11(2)6-7-13(9-11,12(3,4)14)8-10(15)16-5/h6-9,14H2,1-5H3. The van der Waals surface area contributed by atoms with Gasteiger partial charge in [0.15, 0.2) is 0 Å². The van der Waals surface area contributed by atoms with Crippen LogP contribution in [0.3, 0.4) is 0 Å². The van der Waals surface area contributed by atoms with Gasteiger partial charge in [0.1, 0.15) is 0 Å². The van der Waals surface area contributed by atoms with E-state index in [4.69, 9.17) is 10.5 Å². The predicted octanol–water partition coefficient (Wildman–Crippen LogP) is 2.48. The van der Waals surface area contributed by atoms with Gasteiger partial charge in [0.05, 0.1) is 13.5 Å². The highest BCUT2D eigenvalue weighted by molar-refractivity contribution is 5.70. The van der Waals surface area contributed by atoms with E-state index in [1.165, 1.54) is 7.11 Å². The number of methoxy groups -OCH3 is 1. The minimum absolute atomic E-state index is 0.108. The first-order valence-electron chi connectivity index (χ1n) is 5.98. The van der Waals surface area contributed by atoms with Crippen LogP contribution >= 0.6 is 0 Å². The van der Waals surface area contributed by atoms with Gasteiger partial charge in [-0.25, -0.2) is 0 Å². The number of esters is 1. The van der Waals surface area contributed by atoms with E-state index in [9.17, 15) is 4.79 Å². The Morgan fingerprint density at radius 1 is 1.38 bits per heavy atom. The molecule has 3 heteroatoms. The molecule has 1 fully saturated rings. The zero-order valence-corrected chi connectivity index (χ0v) is 11.2. The van der Waals surface area contributed by atoms with Gasteiger partial charge in [0, 0.05) is 5.54 Å². The highest BCUT2D eigenvalue weighted by Gasteiger charge is 2.51. The Labute approximate surface area is 98.7 Å². The van der Waals surface area contributed by atoms with Gasteiger partial charge in [-0.15, -0.1) is 0 Å². The van der Waals surface area contributed by atoms with Crippen LogP contribution in [0, 0.1) is 10.8 Å². The SMILES string of the molecule is COC(=O)CC1(C(C)(C)N)CCC(C)(C)C1. The summed E-state index contributed by atoms with van der Waals surface area (Å²) in [6.07, 6.45) is 3.58. The van der Waals surface area contributed by atoms with Crippen molar-refractivity contribution in [2.75, 3.05) is 7.11 Å². The summed E-state index contributed by atoms with van der Waals surface area (Å²) >= 11 is 0. The summed E-state index contributed by atoms with van der Waals surface area (Å²) in [6, 6.07) is 0. The molecule has 0 saturated heterocycles. The Hall–Kier alpha value is -0.570. The number of carbonyl (C=O) groups is 1. The molecule has 0 amide bonds. The lowest BCUT2D eigenvalue weighted by atomic mass is 9.67. The fourth-order valence-corrected chi connectivity index (χ4v) is 2.95. The molecule has 3 nitrogen and oxygen atoms in total. The Balaban J connectivity index is 2.93. The molecule has 0 aromatic carbocycles.